The summed E-state index contributed by atoms with van der Waals surface area (Å²) in [5.41, 5.74) is 0.0890. The summed E-state index contributed by atoms with van der Waals surface area (Å²) >= 11 is 0. The van der Waals surface area contributed by atoms with Gasteiger partial charge in [0.1, 0.15) is 5.78 Å². The summed E-state index contributed by atoms with van der Waals surface area (Å²) in [6.45, 7) is 6.09. The van der Waals surface area contributed by atoms with Crippen molar-refractivity contribution in [3.05, 3.63) is 29.8 Å². The zero-order chi connectivity index (χ0) is 20.1. The maximum absolute atomic E-state index is 12.9. The lowest BCUT2D eigenvalue weighted by atomic mass is 9.78. The van der Waals surface area contributed by atoms with Crippen LogP contribution in [0.2, 0.25) is 0 Å². The number of hydrogen-bond donors (Lipinski definition) is 0. The number of halogens is 3. The van der Waals surface area contributed by atoms with E-state index in [1.54, 1.807) is 13.0 Å². The van der Waals surface area contributed by atoms with E-state index in [9.17, 15) is 18.0 Å². The lowest BCUT2D eigenvalue weighted by molar-refractivity contribution is -0.137. The number of anilines is 1. The van der Waals surface area contributed by atoms with Gasteiger partial charge in [0, 0.05) is 38.3 Å². The molecular weight excluding hydrogens is 365 g/mol. The van der Waals surface area contributed by atoms with Gasteiger partial charge in [0.25, 0.3) is 0 Å². The fraction of sp³-hybridized carbons (Fsp3) is 0.682. The summed E-state index contributed by atoms with van der Waals surface area (Å²) in [4.78, 5) is 15.7. The van der Waals surface area contributed by atoms with E-state index in [4.69, 9.17) is 0 Å². The van der Waals surface area contributed by atoms with Crippen LogP contribution < -0.4 is 4.90 Å². The van der Waals surface area contributed by atoms with Gasteiger partial charge in [-0.25, -0.2) is 0 Å². The first-order valence-electron chi connectivity index (χ1n) is 10.5. The van der Waals surface area contributed by atoms with Crippen molar-refractivity contribution >= 4 is 11.5 Å². The van der Waals surface area contributed by atoms with Crippen LogP contribution in [0.5, 0.6) is 0 Å². The second kappa shape index (κ2) is 9.29. The van der Waals surface area contributed by atoms with Gasteiger partial charge in [-0.1, -0.05) is 18.9 Å². The molecule has 6 heteroatoms. The highest BCUT2D eigenvalue weighted by atomic mass is 19.4. The zero-order valence-electron chi connectivity index (χ0n) is 16.7. The smallest absolute Gasteiger partial charge is 0.369 e. The first-order valence-corrected chi connectivity index (χ1v) is 10.5. The van der Waals surface area contributed by atoms with Gasteiger partial charge in [0.2, 0.25) is 0 Å². The highest BCUT2D eigenvalue weighted by Gasteiger charge is 2.31. The van der Waals surface area contributed by atoms with Crippen LogP contribution in [0, 0.1) is 11.8 Å². The van der Waals surface area contributed by atoms with E-state index in [1.807, 2.05) is 0 Å². The molecule has 0 atom stereocenters. The number of rotatable bonds is 6. The molecule has 0 aromatic heterocycles. The number of nitrogens with zero attached hydrogens (tertiary/aromatic N) is 2. The Morgan fingerprint density at radius 2 is 1.68 bits per heavy atom. The van der Waals surface area contributed by atoms with Crippen molar-refractivity contribution in [2.75, 3.05) is 37.6 Å². The van der Waals surface area contributed by atoms with E-state index in [0.29, 0.717) is 17.4 Å². The topological polar surface area (TPSA) is 23.6 Å². The average Bonchev–Trinajstić information content (AvgIpc) is 2.67. The summed E-state index contributed by atoms with van der Waals surface area (Å²) in [7, 11) is 0. The van der Waals surface area contributed by atoms with Crippen LogP contribution in [0.1, 0.15) is 51.0 Å². The number of ketones is 1. The van der Waals surface area contributed by atoms with E-state index >= 15 is 0 Å². The Balaban J connectivity index is 1.40. The molecule has 3 nitrogen and oxygen atoms in total. The molecule has 0 spiro atoms. The molecule has 0 unspecified atom stereocenters. The Hall–Kier alpha value is -1.56. The standard InChI is InChI=1S/C22H31F3N2O/c1-17(28)15-19-7-5-18(6-8-19)9-10-26-11-13-27(14-12-26)21-4-2-3-20(16-21)22(23,24)25/h2-4,16,18-19H,5-15H2,1H3. The minimum absolute atomic E-state index is 0.307. The van der Waals surface area contributed by atoms with Gasteiger partial charge in [0.15, 0.2) is 0 Å². The molecule has 28 heavy (non-hydrogen) atoms. The van der Waals surface area contributed by atoms with Crippen LogP contribution in [0.4, 0.5) is 18.9 Å². The summed E-state index contributed by atoms with van der Waals surface area (Å²) in [6, 6.07) is 5.65. The van der Waals surface area contributed by atoms with Gasteiger partial charge < -0.3 is 9.69 Å². The molecule has 1 heterocycles. The molecule has 2 aliphatic rings. The normalized spacial score (nSPS) is 24.4. The Bertz CT molecular complexity index is 645. The minimum atomic E-state index is -4.29. The van der Waals surface area contributed by atoms with Gasteiger partial charge in [-0.3, -0.25) is 4.90 Å². The SMILES string of the molecule is CC(=O)CC1CCC(CCN2CCN(c3cccc(C(F)(F)F)c3)CC2)CC1. The lowest BCUT2D eigenvalue weighted by Gasteiger charge is -2.37. The van der Waals surface area contributed by atoms with Crippen molar-refractivity contribution in [2.24, 2.45) is 11.8 Å². The third kappa shape index (κ3) is 5.97. The highest BCUT2D eigenvalue weighted by molar-refractivity contribution is 5.75. The maximum Gasteiger partial charge on any atom is 0.416 e. The van der Waals surface area contributed by atoms with Gasteiger partial charge >= 0.3 is 6.18 Å². The van der Waals surface area contributed by atoms with Crippen LogP contribution in [-0.4, -0.2) is 43.4 Å². The number of piperazine rings is 1. The second-order valence-electron chi connectivity index (χ2n) is 8.46. The third-order valence-corrected chi connectivity index (χ3v) is 6.31. The molecule has 3 rings (SSSR count). The van der Waals surface area contributed by atoms with Crippen LogP contribution in [0.3, 0.4) is 0 Å². The molecule has 1 aromatic carbocycles. The predicted octanol–water partition coefficient (Wildman–Crippen LogP) is 5.00. The van der Waals surface area contributed by atoms with Gasteiger partial charge in [-0.2, -0.15) is 13.2 Å². The van der Waals surface area contributed by atoms with Crippen molar-refractivity contribution in [2.45, 2.75) is 51.6 Å². The van der Waals surface area contributed by atoms with Gasteiger partial charge in [-0.15, -0.1) is 0 Å². The summed E-state index contributed by atoms with van der Waals surface area (Å²) in [6.07, 6.45) is 2.44. The van der Waals surface area contributed by atoms with Crippen LogP contribution in [0.25, 0.3) is 0 Å². The summed E-state index contributed by atoms with van der Waals surface area (Å²) in [5, 5.41) is 0. The van der Waals surface area contributed by atoms with Crippen molar-refractivity contribution in [3.8, 4) is 0 Å². The van der Waals surface area contributed by atoms with E-state index in [-0.39, 0.29) is 0 Å². The third-order valence-electron chi connectivity index (χ3n) is 6.31. The number of alkyl halides is 3. The number of benzene rings is 1. The molecule has 1 saturated heterocycles. The molecule has 1 aliphatic carbocycles. The zero-order valence-corrected chi connectivity index (χ0v) is 16.7. The molecular formula is C22H31F3N2O. The quantitative estimate of drug-likeness (QED) is 0.676. The van der Waals surface area contributed by atoms with Gasteiger partial charge in [-0.05, 0) is 62.8 Å². The number of carbonyl (C=O) groups excluding carboxylic acids is 1. The first kappa shape index (κ1) is 21.2. The Morgan fingerprint density at radius 1 is 1.04 bits per heavy atom. The molecule has 1 saturated carbocycles. The average molecular weight is 396 g/mol. The second-order valence-corrected chi connectivity index (χ2v) is 8.46. The molecule has 0 bridgehead atoms. The monoisotopic (exact) mass is 396 g/mol. The van der Waals surface area contributed by atoms with Crippen molar-refractivity contribution in [1.29, 1.82) is 0 Å². The largest absolute Gasteiger partial charge is 0.416 e. The highest BCUT2D eigenvalue weighted by Crippen LogP contribution is 2.33. The predicted molar refractivity (Wildman–Crippen MR) is 105 cm³/mol. The summed E-state index contributed by atoms with van der Waals surface area (Å²) < 4.78 is 38.8. The Labute approximate surface area is 165 Å². The van der Waals surface area contributed by atoms with Crippen LogP contribution >= 0.6 is 0 Å². The van der Waals surface area contributed by atoms with Crippen molar-refractivity contribution in [1.82, 2.24) is 4.90 Å². The molecule has 0 amide bonds. The molecule has 156 valence electrons. The van der Waals surface area contributed by atoms with E-state index in [1.165, 1.54) is 44.2 Å². The van der Waals surface area contributed by atoms with Crippen molar-refractivity contribution < 1.29 is 18.0 Å². The van der Waals surface area contributed by atoms with E-state index in [2.05, 4.69) is 9.80 Å². The minimum Gasteiger partial charge on any atom is -0.369 e. The number of Topliss-reactive ketones (excluding diaryl/α,β-unsaturated/α-hetero) is 1. The molecule has 1 aromatic rings. The van der Waals surface area contributed by atoms with Crippen molar-refractivity contribution in [3.63, 3.8) is 0 Å². The lowest BCUT2D eigenvalue weighted by Crippen LogP contribution is -2.47. The molecule has 1 aliphatic heterocycles. The van der Waals surface area contributed by atoms with E-state index in [0.717, 1.165) is 51.1 Å². The maximum atomic E-state index is 12.9. The number of hydrogen-bond acceptors (Lipinski definition) is 3. The Morgan fingerprint density at radius 3 is 2.29 bits per heavy atom. The van der Waals surface area contributed by atoms with Crippen LogP contribution in [-0.2, 0) is 11.0 Å². The molecule has 2 fully saturated rings. The van der Waals surface area contributed by atoms with E-state index < -0.39 is 11.7 Å². The summed E-state index contributed by atoms with van der Waals surface area (Å²) in [5.74, 6) is 1.65. The molecule has 0 N–H and O–H groups in total. The molecule has 0 radical (unpaired) electrons. The Kier molecular flexibility index (Phi) is 7.02. The first-order chi connectivity index (χ1) is 13.3. The van der Waals surface area contributed by atoms with Gasteiger partial charge in [0.05, 0.1) is 5.56 Å². The number of carbonyl (C=O) groups is 1. The fourth-order valence-electron chi connectivity index (χ4n) is 4.60. The fourth-order valence-corrected chi connectivity index (χ4v) is 4.60. The van der Waals surface area contributed by atoms with Crippen LogP contribution in [0.15, 0.2) is 24.3 Å².